The van der Waals surface area contributed by atoms with Gasteiger partial charge in [-0.2, -0.15) is 0 Å². The number of hydrogen-bond acceptors (Lipinski definition) is 0. The fourth-order valence-electron chi connectivity index (χ4n) is 0.292. The molecule has 0 aliphatic carbocycles. The van der Waals surface area contributed by atoms with Gasteiger partial charge in [0.25, 0.3) is 0 Å². The molecule has 8 heavy (non-hydrogen) atoms. The molecule has 0 bridgehead atoms. The summed E-state index contributed by atoms with van der Waals surface area (Å²) in [6.07, 6.45) is 10.1. The summed E-state index contributed by atoms with van der Waals surface area (Å²) in [6.45, 7) is 6.25. The van der Waals surface area contributed by atoms with Crippen molar-refractivity contribution in [1.29, 1.82) is 0 Å². The van der Waals surface area contributed by atoms with Crippen LogP contribution in [0.5, 0.6) is 0 Å². The summed E-state index contributed by atoms with van der Waals surface area (Å²) in [5, 5.41) is 0. The molecular formula is C8H11. The monoisotopic (exact) mass is 107 g/mol. The van der Waals surface area contributed by atoms with Crippen molar-refractivity contribution in [3.05, 3.63) is 18.6 Å². The van der Waals surface area contributed by atoms with Crippen LogP contribution < -0.4 is 0 Å². The zero-order valence-corrected chi connectivity index (χ0v) is 5.65. The lowest BCUT2D eigenvalue weighted by Crippen LogP contribution is -1.97. The summed E-state index contributed by atoms with van der Waals surface area (Å²) in [5.41, 5.74) is 0.189. The molecule has 0 rings (SSSR count). The van der Waals surface area contributed by atoms with Gasteiger partial charge in [-0.3, -0.25) is 0 Å². The third kappa shape index (κ3) is 5.30. The van der Waals surface area contributed by atoms with Crippen LogP contribution in [0.3, 0.4) is 0 Å². The van der Waals surface area contributed by atoms with E-state index in [1.807, 2.05) is 6.08 Å². The van der Waals surface area contributed by atoms with Crippen LogP contribution in [0, 0.1) is 17.8 Å². The van der Waals surface area contributed by atoms with Crippen molar-refractivity contribution in [2.24, 2.45) is 5.41 Å². The van der Waals surface area contributed by atoms with Crippen molar-refractivity contribution in [2.45, 2.75) is 20.8 Å². The second-order valence-electron chi connectivity index (χ2n) is 2.84. The SMILES string of the molecule is [C]#C/C=C/C(C)(C)C. The molecule has 0 atom stereocenters. The maximum Gasteiger partial charge on any atom is -0.0102 e. The van der Waals surface area contributed by atoms with Crippen LogP contribution in [0.1, 0.15) is 20.8 Å². The molecule has 0 heterocycles. The summed E-state index contributed by atoms with van der Waals surface area (Å²) < 4.78 is 0. The van der Waals surface area contributed by atoms with Crippen LogP contribution in [-0.4, -0.2) is 0 Å². The van der Waals surface area contributed by atoms with Crippen molar-refractivity contribution < 1.29 is 0 Å². The van der Waals surface area contributed by atoms with Crippen LogP contribution in [-0.2, 0) is 0 Å². The molecular weight excluding hydrogens is 96.1 g/mol. The summed E-state index contributed by atoms with van der Waals surface area (Å²) >= 11 is 0. The van der Waals surface area contributed by atoms with Crippen molar-refractivity contribution in [2.75, 3.05) is 0 Å². The zero-order valence-electron chi connectivity index (χ0n) is 5.65. The van der Waals surface area contributed by atoms with Crippen molar-refractivity contribution >= 4 is 0 Å². The predicted octanol–water partition coefficient (Wildman–Crippen LogP) is 2.18. The third-order valence-electron chi connectivity index (χ3n) is 0.667. The van der Waals surface area contributed by atoms with Crippen molar-refractivity contribution in [1.82, 2.24) is 0 Å². The molecule has 0 aliphatic rings. The minimum atomic E-state index is 0.189. The summed E-state index contributed by atoms with van der Waals surface area (Å²) in [6, 6.07) is 0. The molecule has 0 nitrogen and oxygen atoms in total. The van der Waals surface area contributed by atoms with Gasteiger partial charge in [-0.15, -0.1) is 0 Å². The average molecular weight is 107 g/mol. The summed E-state index contributed by atoms with van der Waals surface area (Å²) in [5.74, 6) is 2.19. The fraction of sp³-hybridized carbons (Fsp3) is 0.500. The largest absolute Gasteiger partial charge is 0.0707 e. The molecule has 0 saturated carbocycles. The number of allylic oxidation sites excluding steroid dienone is 2. The van der Waals surface area contributed by atoms with Crippen LogP contribution in [0.2, 0.25) is 0 Å². The van der Waals surface area contributed by atoms with E-state index in [-0.39, 0.29) is 5.41 Å². The first kappa shape index (κ1) is 7.30. The first-order chi connectivity index (χ1) is 3.56. The van der Waals surface area contributed by atoms with Gasteiger partial charge in [0, 0.05) is 0 Å². The van der Waals surface area contributed by atoms with E-state index in [0.29, 0.717) is 0 Å². The molecule has 0 amide bonds. The molecule has 0 aromatic rings. The topological polar surface area (TPSA) is 0 Å². The van der Waals surface area contributed by atoms with E-state index in [1.165, 1.54) is 0 Å². The lowest BCUT2D eigenvalue weighted by molar-refractivity contribution is 0.544. The molecule has 0 unspecified atom stereocenters. The molecule has 0 spiro atoms. The van der Waals surface area contributed by atoms with Gasteiger partial charge < -0.3 is 0 Å². The van der Waals surface area contributed by atoms with Crippen molar-refractivity contribution in [3.8, 4) is 5.92 Å². The van der Waals surface area contributed by atoms with Gasteiger partial charge in [-0.1, -0.05) is 32.8 Å². The Bertz CT molecular complexity index is 116. The van der Waals surface area contributed by atoms with Gasteiger partial charge in [0.05, 0.1) is 0 Å². The van der Waals surface area contributed by atoms with E-state index in [2.05, 4.69) is 26.7 Å². The van der Waals surface area contributed by atoms with Crippen LogP contribution in [0.4, 0.5) is 0 Å². The second-order valence-corrected chi connectivity index (χ2v) is 2.84. The number of hydrogen-bond donors (Lipinski definition) is 0. The quantitative estimate of drug-likeness (QED) is 0.416. The average Bonchev–Trinajstić information content (AvgIpc) is 1.59. The maximum atomic E-state index is 6.55. The Morgan fingerprint density at radius 1 is 1.38 bits per heavy atom. The Morgan fingerprint density at radius 3 is 2.00 bits per heavy atom. The third-order valence-corrected chi connectivity index (χ3v) is 0.667. The highest BCUT2D eigenvalue weighted by molar-refractivity contribution is 5.08. The van der Waals surface area contributed by atoms with E-state index in [9.17, 15) is 0 Å². The van der Waals surface area contributed by atoms with Crippen LogP contribution >= 0.6 is 0 Å². The van der Waals surface area contributed by atoms with Gasteiger partial charge in [-0.05, 0) is 17.9 Å². The van der Waals surface area contributed by atoms with Crippen LogP contribution in [0.25, 0.3) is 0 Å². The standard InChI is InChI=1S/C8H11/c1-5-6-7-8(2,3)4/h6-7H,2-4H3/b7-6+. The van der Waals surface area contributed by atoms with E-state index in [1.54, 1.807) is 6.08 Å². The molecule has 0 aliphatic heterocycles. The molecule has 0 heteroatoms. The highest BCUT2D eigenvalue weighted by Gasteiger charge is 2.01. The second kappa shape index (κ2) is 2.57. The predicted molar refractivity (Wildman–Crippen MR) is 35.7 cm³/mol. The highest BCUT2D eigenvalue weighted by Crippen LogP contribution is 2.13. The molecule has 0 aromatic heterocycles. The first-order valence-corrected chi connectivity index (χ1v) is 2.66. The van der Waals surface area contributed by atoms with Crippen LogP contribution in [0.15, 0.2) is 12.2 Å². The van der Waals surface area contributed by atoms with E-state index < -0.39 is 0 Å². The van der Waals surface area contributed by atoms with Crippen molar-refractivity contribution in [3.63, 3.8) is 0 Å². The molecule has 1 radical (unpaired) electrons. The van der Waals surface area contributed by atoms with Gasteiger partial charge in [0.15, 0.2) is 0 Å². The fourth-order valence-corrected chi connectivity index (χ4v) is 0.292. The Balaban J connectivity index is 3.75. The Labute approximate surface area is 51.6 Å². The van der Waals surface area contributed by atoms with Gasteiger partial charge in [-0.25, -0.2) is 0 Å². The molecule has 43 valence electrons. The minimum absolute atomic E-state index is 0.189. The van der Waals surface area contributed by atoms with E-state index >= 15 is 0 Å². The van der Waals surface area contributed by atoms with Gasteiger partial charge in [0.2, 0.25) is 0 Å². The van der Waals surface area contributed by atoms with Gasteiger partial charge in [0.1, 0.15) is 0 Å². The number of rotatable bonds is 0. The Morgan fingerprint density at radius 2 is 1.88 bits per heavy atom. The normalized spacial score (nSPS) is 11.8. The zero-order chi connectivity index (χ0) is 6.62. The summed E-state index contributed by atoms with van der Waals surface area (Å²) in [4.78, 5) is 0. The first-order valence-electron chi connectivity index (χ1n) is 2.66. The maximum absolute atomic E-state index is 6.55. The lowest BCUT2D eigenvalue weighted by Gasteiger charge is -2.09. The Hall–Kier alpha value is -0.700. The molecule has 0 aromatic carbocycles. The minimum Gasteiger partial charge on any atom is -0.0707 e. The summed E-state index contributed by atoms with van der Waals surface area (Å²) in [7, 11) is 0. The van der Waals surface area contributed by atoms with E-state index in [4.69, 9.17) is 6.42 Å². The molecule has 0 fully saturated rings. The smallest absolute Gasteiger partial charge is 0.0102 e. The Kier molecular flexibility index (Phi) is 2.34. The molecule has 0 N–H and O–H groups in total. The lowest BCUT2D eigenvalue weighted by atomic mass is 9.97. The van der Waals surface area contributed by atoms with E-state index in [0.717, 1.165) is 0 Å². The van der Waals surface area contributed by atoms with Gasteiger partial charge >= 0.3 is 0 Å². The highest BCUT2D eigenvalue weighted by atomic mass is 14.1. The molecule has 0 saturated heterocycles.